The Hall–Kier alpha value is -1.51. The van der Waals surface area contributed by atoms with Crippen molar-refractivity contribution >= 4 is 11.7 Å². The summed E-state index contributed by atoms with van der Waals surface area (Å²) in [5, 5.41) is 13.4. The zero-order valence-electron chi connectivity index (χ0n) is 12.2. The quantitative estimate of drug-likeness (QED) is 0.906. The number of carboxylic acids is 1. The molecule has 0 atom stereocenters. The molecule has 1 aliphatic carbocycles. The lowest BCUT2D eigenvalue weighted by Gasteiger charge is -2.42. The number of benzene rings is 1. The molecule has 0 unspecified atom stereocenters. The number of aliphatic carboxylic acids is 1. The first-order valence-electron chi connectivity index (χ1n) is 6.81. The van der Waals surface area contributed by atoms with Crippen LogP contribution in [0.3, 0.4) is 0 Å². The number of hydrogen-bond acceptors (Lipinski definition) is 3. The van der Waals surface area contributed by atoms with Crippen LogP contribution in [-0.4, -0.2) is 12.5 Å². The van der Waals surface area contributed by atoms with E-state index in [4.69, 9.17) is 0 Å². The summed E-state index contributed by atoms with van der Waals surface area (Å²) in [5.74, 6) is -1.09. The van der Waals surface area contributed by atoms with Gasteiger partial charge in [0.15, 0.2) is 0 Å². The fourth-order valence-electron chi connectivity index (χ4n) is 2.87. The number of nitrogens with one attached hydrogen (secondary N) is 1. The maximum absolute atomic E-state index is 10.5. The molecule has 0 amide bonds. The molecule has 1 aliphatic rings. The highest BCUT2D eigenvalue weighted by Crippen LogP contribution is 2.46. The summed E-state index contributed by atoms with van der Waals surface area (Å²) < 4.78 is 0. The third-order valence-electron chi connectivity index (χ3n) is 4.29. The SMILES string of the molecule is CC1(C)CCC(C)(C)c2cc(NCC(=O)[O-])ccc21. The van der Waals surface area contributed by atoms with Gasteiger partial charge in [0.25, 0.3) is 0 Å². The van der Waals surface area contributed by atoms with Crippen molar-refractivity contribution in [3.05, 3.63) is 29.3 Å². The molecule has 0 aromatic heterocycles. The predicted octanol–water partition coefficient (Wildman–Crippen LogP) is 2.20. The molecule has 0 spiro atoms. The minimum absolute atomic E-state index is 0.143. The number of anilines is 1. The lowest BCUT2D eigenvalue weighted by molar-refractivity contribution is -0.302. The fraction of sp³-hybridized carbons (Fsp3) is 0.562. The molecule has 3 nitrogen and oxygen atoms in total. The average Bonchev–Trinajstić information content (AvgIpc) is 2.32. The van der Waals surface area contributed by atoms with Crippen LogP contribution < -0.4 is 10.4 Å². The molecular weight excluding hydrogens is 238 g/mol. The average molecular weight is 260 g/mol. The van der Waals surface area contributed by atoms with Crippen LogP contribution in [0.15, 0.2) is 18.2 Å². The first kappa shape index (κ1) is 13.9. The van der Waals surface area contributed by atoms with Gasteiger partial charge in [-0.1, -0.05) is 33.8 Å². The van der Waals surface area contributed by atoms with E-state index in [-0.39, 0.29) is 17.4 Å². The second kappa shape index (κ2) is 4.55. The van der Waals surface area contributed by atoms with Crippen LogP contribution in [0.1, 0.15) is 51.7 Å². The summed E-state index contributed by atoms with van der Waals surface area (Å²) in [6.45, 7) is 8.90. The molecule has 0 saturated heterocycles. The van der Waals surface area contributed by atoms with E-state index in [9.17, 15) is 9.90 Å². The van der Waals surface area contributed by atoms with Crippen molar-refractivity contribution < 1.29 is 9.90 Å². The van der Waals surface area contributed by atoms with Crippen LogP contribution >= 0.6 is 0 Å². The minimum atomic E-state index is -1.09. The van der Waals surface area contributed by atoms with Gasteiger partial charge in [0, 0.05) is 5.69 Å². The van der Waals surface area contributed by atoms with Crippen LogP contribution in [-0.2, 0) is 15.6 Å². The molecule has 0 bridgehead atoms. The van der Waals surface area contributed by atoms with E-state index in [1.54, 1.807) is 0 Å². The molecule has 0 heterocycles. The normalized spacial score (nSPS) is 19.6. The van der Waals surface area contributed by atoms with E-state index >= 15 is 0 Å². The van der Waals surface area contributed by atoms with Crippen molar-refractivity contribution in [3.8, 4) is 0 Å². The van der Waals surface area contributed by atoms with Gasteiger partial charge >= 0.3 is 0 Å². The third kappa shape index (κ3) is 2.75. The molecule has 0 radical (unpaired) electrons. The van der Waals surface area contributed by atoms with Gasteiger partial charge in [-0.15, -0.1) is 0 Å². The van der Waals surface area contributed by atoms with Crippen molar-refractivity contribution in [3.63, 3.8) is 0 Å². The maximum Gasteiger partial charge on any atom is 0.0605 e. The van der Waals surface area contributed by atoms with E-state index in [2.05, 4.69) is 45.1 Å². The largest absolute Gasteiger partial charge is 0.548 e. The monoisotopic (exact) mass is 260 g/mol. The number of carboxylic acid groups (broad SMARTS) is 1. The number of hydrogen-bond donors (Lipinski definition) is 1. The summed E-state index contributed by atoms with van der Waals surface area (Å²) in [4.78, 5) is 10.5. The smallest absolute Gasteiger partial charge is 0.0605 e. The van der Waals surface area contributed by atoms with Crippen LogP contribution in [0.5, 0.6) is 0 Å². The van der Waals surface area contributed by atoms with Gasteiger partial charge in [-0.3, -0.25) is 0 Å². The molecule has 1 N–H and O–H groups in total. The molecule has 104 valence electrons. The Morgan fingerprint density at radius 3 is 2.32 bits per heavy atom. The first-order chi connectivity index (χ1) is 8.72. The highest BCUT2D eigenvalue weighted by atomic mass is 16.4. The Labute approximate surface area is 115 Å². The van der Waals surface area contributed by atoms with Crippen LogP contribution in [0, 0.1) is 0 Å². The standard InChI is InChI=1S/C16H23NO2/c1-15(2)7-8-16(3,4)13-9-11(5-6-12(13)15)17-10-14(18)19/h5-6,9,17H,7-8,10H2,1-4H3,(H,18,19)/p-1. The van der Waals surface area contributed by atoms with Crippen molar-refractivity contribution in [1.29, 1.82) is 0 Å². The molecule has 0 saturated carbocycles. The summed E-state index contributed by atoms with van der Waals surface area (Å²) in [7, 11) is 0. The predicted molar refractivity (Wildman–Crippen MR) is 75.2 cm³/mol. The summed E-state index contributed by atoms with van der Waals surface area (Å²) in [5.41, 5.74) is 3.89. The number of fused-ring (bicyclic) bond motifs is 1. The summed E-state index contributed by atoms with van der Waals surface area (Å²) >= 11 is 0. The van der Waals surface area contributed by atoms with Crippen molar-refractivity contribution in [2.24, 2.45) is 0 Å². The van der Waals surface area contributed by atoms with E-state index < -0.39 is 5.97 Å². The van der Waals surface area contributed by atoms with Crippen LogP contribution in [0.25, 0.3) is 0 Å². The van der Waals surface area contributed by atoms with Gasteiger partial charge in [0.2, 0.25) is 0 Å². The van der Waals surface area contributed by atoms with E-state index in [1.165, 1.54) is 17.5 Å². The molecule has 1 aromatic rings. The summed E-state index contributed by atoms with van der Waals surface area (Å²) in [6.07, 6.45) is 2.33. The Morgan fingerprint density at radius 2 is 1.74 bits per heavy atom. The molecule has 0 fully saturated rings. The number of carbonyl (C=O) groups is 1. The van der Waals surface area contributed by atoms with Gasteiger partial charge in [0.05, 0.1) is 12.5 Å². The minimum Gasteiger partial charge on any atom is -0.548 e. The highest BCUT2D eigenvalue weighted by molar-refractivity contribution is 5.71. The lowest BCUT2D eigenvalue weighted by atomic mass is 9.63. The van der Waals surface area contributed by atoms with Gasteiger partial charge in [-0.25, -0.2) is 0 Å². The molecule has 19 heavy (non-hydrogen) atoms. The van der Waals surface area contributed by atoms with Gasteiger partial charge in [-0.05, 0) is 46.9 Å². The third-order valence-corrected chi connectivity index (χ3v) is 4.29. The lowest BCUT2D eigenvalue weighted by Crippen LogP contribution is -2.34. The second-order valence-corrected chi connectivity index (χ2v) is 6.75. The van der Waals surface area contributed by atoms with E-state index in [1.807, 2.05) is 6.07 Å². The van der Waals surface area contributed by atoms with Gasteiger partial charge in [0.1, 0.15) is 0 Å². The van der Waals surface area contributed by atoms with Crippen molar-refractivity contribution in [2.45, 2.75) is 51.4 Å². The molecule has 3 heteroatoms. The highest BCUT2D eigenvalue weighted by Gasteiger charge is 2.36. The molecule has 2 rings (SSSR count). The Balaban J connectivity index is 2.39. The number of carbonyl (C=O) groups excluding carboxylic acids is 1. The van der Waals surface area contributed by atoms with Crippen LogP contribution in [0.2, 0.25) is 0 Å². The topological polar surface area (TPSA) is 52.2 Å². The maximum atomic E-state index is 10.5. The van der Waals surface area contributed by atoms with Crippen molar-refractivity contribution in [1.82, 2.24) is 0 Å². The Morgan fingerprint density at radius 1 is 1.16 bits per heavy atom. The second-order valence-electron chi connectivity index (χ2n) is 6.75. The first-order valence-corrected chi connectivity index (χ1v) is 6.81. The van der Waals surface area contributed by atoms with E-state index in [0.29, 0.717) is 0 Å². The van der Waals surface area contributed by atoms with Crippen molar-refractivity contribution in [2.75, 3.05) is 11.9 Å². The molecular formula is C16H22NO2-. The Kier molecular flexibility index (Phi) is 3.33. The van der Waals surface area contributed by atoms with Crippen LogP contribution in [0.4, 0.5) is 5.69 Å². The van der Waals surface area contributed by atoms with Gasteiger partial charge in [-0.2, -0.15) is 0 Å². The van der Waals surface area contributed by atoms with E-state index in [0.717, 1.165) is 12.1 Å². The fourth-order valence-corrected chi connectivity index (χ4v) is 2.87. The van der Waals surface area contributed by atoms with Gasteiger partial charge < -0.3 is 15.2 Å². The zero-order valence-corrected chi connectivity index (χ0v) is 12.2. The zero-order chi connectivity index (χ0) is 14.3. The molecule has 1 aromatic carbocycles. The molecule has 0 aliphatic heterocycles. The number of rotatable bonds is 3. The Bertz CT molecular complexity index is 503. The summed E-state index contributed by atoms with van der Waals surface area (Å²) in [6, 6.07) is 6.19.